The minimum Gasteiger partial charge on any atom is -0.374 e. The molecule has 1 aromatic rings. The van der Waals surface area contributed by atoms with Crippen molar-refractivity contribution < 1.29 is 5.11 Å². The van der Waals surface area contributed by atoms with Gasteiger partial charge in [-0.2, -0.15) is 0 Å². The fraction of sp³-hybridized carbons (Fsp3) is 0.500. The molecule has 0 aliphatic carbocycles. The van der Waals surface area contributed by atoms with Gasteiger partial charge in [0.1, 0.15) is 6.23 Å². The Morgan fingerprint density at radius 1 is 1.07 bits per heavy atom. The number of aliphatic hydroxyl groups is 1. The minimum absolute atomic E-state index is 0.508. The van der Waals surface area contributed by atoms with Gasteiger partial charge in [-0.1, -0.05) is 30.3 Å². The predicted molar refractivity (Wildman–Crippen MR) is 62.6 cm³/mol. The Balaban J connectivity index is 2.49. The number of rotatable bonds is 5. The lowest BCUT2D eigenvalue weighted by atomic mass is 10.2. The van der Waals surface area contributed by atoms with E-state index in [-0.39, 0.29) is 0 Å². The molecule has 0 heterocycles. The third-order valence-electron chi connectivity index (χ3n) is 2.42. The Bertz CT molecular complexity index is 274. The zero-order chi connectivity index (χ0) is 11.3. The van der Waals surface area contributed by atoms with E-state index in [1.165, 1.54) is 0 Å². The smallest absolute Gasteiger partial charge is 0.133 e. The van der Waals surface area contributed by atoms with Crippen molar-refractivity contribution in [3.05, 3.63) is 35.9 Å². The third kappa shape index (κ3) is 4.00. The van der Waals surface area contributed by atoms with Crippen LogP contribution in [0.3, 0.4) is 0 Å². The van der Waals surface area contributed by atoms with Gasteiger partial charge in [0, 0.05) is 13.1 Å². The molecule has 1 N–H and O–H groups in total. The maximum absolute atomic E-state index is 10.0. The van der Waals surface area contributed by atoms with Crippen molar-refractivity contribution in [1.82, 2.24) is 9.80 Å². The molecular weight excluding hydrogens is 188 g/mol. The minimum atomic E-state index is -0.508. The first-order chi connectivity index (χ1) is 7.11. The van der Waals surface area contributed by atoms with Gasteiger partial charge in [0.05, 0.1) is 0 Å². The molecule has 0 radical (unpaired) electrons. The topological polar surface area (TPSA) is 26.7 Å². The van der Waals surface area contributed by atoms with Gasteiger partial charge < -0.3 is 10.0 Å². The van der Waals surface area contributed by atoms with Crippen molar-refractivity contribution in [1.29, 1.82) is 0 Å². The van der Waals surface area contributed by atoms with E-state index in [0.717, 1.165) is 18.7 Å². The van der Waals surface area contributed by atoms with E-state index in [0.29, 0.717) is 0 Å². The first-order valence-electron chi connectivity index (χ1n) is 5.19. The fourth-order valence-corrected chi connectivity index (χ4v) is 1.36. The van der Waals surface area contributed by atoms with Crippen LogP contribution in [0.5, 0.6) is 0 Å². The van der Waals surface area contributed by atoms with Crippen molar-refractivity contribution in [2.45, 2.75) is 6.23 Å². The first kappa shape index (κ1) is 12.2. The predicted octanol–water partition coefficient (Wildman–Crippen LogP) is 1.17. The molecule has 15 heavy (non-hydrogen) atoms. The molecule has 3 nitrogen and oxygen atoms in total. The van der Waals surface area contributed by atoms with Crippen molar-refractivity contribution in [2.24, 2.45) is 0 Å². The van der Waals surface area contributed by atoms with E-state index >= 15 is 0 Å². The molecule has 1 unspecified atom stereocenters. The van der Waals surface area contributed by atoms with Gasteiger partial charge in [-0.05, 0) is 26.7 Å². The second kappa shape index (κ2) is 5.85. The van der Waals surface area contributed by atoms with Crippen LogP contribution in [0.25, 0.3) is 0 Å². The molecule has 0 amide bonds. The summed E-state index contributed by atoms with van der Waals surface area (Å²) in [6, 6.07) is 9.72. The highest BCUT2D eigenvalue weighted by molar-refractivity contribution is 5.16. The Kier molecular flexibility index (Phi) is 4.75. The summed E-state index contributed by atoms with van der Waals surface area (Å²) in [7, 11) is 5.99. The molecule has 0 saturated heterocycles. The highest BCUT2D eigenvalue weighted by Gasteiger charge is 2.12. The molecule has 0 aliphatic rings. The van der Waals surface area contributed by atoms with Crippen LogP contribution >= 0.6 is 0 Å². The van der Waals surface area contributed by atoms with Crippen molar-refractivity contribution in [3.8, 4) is 0 Å². The van der Waals surface area contributed by atoms with Crippen LogP contribution in [0.2, 0.25) is 0 Å². The number of likely N-dealkylation sites (N-methyl/N-ethyl adjacent to an activating group) is 2. The summed E-state index contributed by atoms with van der Waals surface area (Å²) in [5.74, 6) is 0. The van der Waals surface area contributed by atoms with Crippen LogP contribution in [0.4, 0.5) is 0 Å². The van der Waals surface area contributed by atoms with Crippen LogP contribution in [0.1, 0.15) is 11.8 Å². The maximum atomic E-state index is 10.0. The van der Waals surface area contributed by atoms with Gasteiger partial charge in [0.15, 0.2) is 0 Å². The lowest BCUT2D eigenvalue weighted by molar-refractivity contribution is 0.0175. The van der Waals surface area contributed by atoms with Crippen LogP contribution in [0.15, 0.2) is 30.3 Å². The average Bonchev–Trinajstić information content (AvgIpc) is 2.26. The van der Waals surface area contributed by atoms with Gasteiger partial charge in [-0.3, -0.25) is 4.90 Å². The number of hydrogen-bond donors (Lipinski definition) is 1. The van der Waals surface area contributed by atoms with Crippen molar-refractivity contribution in [3.63, 3.8) is 0 Å². The lowest BCUT2D eigenvalue weighted by Crippen LogP contribution is -2.31. The second-order valence-electron chi connectivity index (χ2n) is 4.07. The summed E-state index contributed by atoms with van der Waals surface area (Å²) in [5, 5.41) is 10.0. The largest absolute Gasteiger partial charge is 0.374 e. The molecule has 0 bridgehead atoms. The van der Waals surface area contributed by atoms with Crippen molar-refractivity contribution in [2.75, 3.05) is 34.2 Å². The Hall–Kier alpha value is -0.900. The highest BCUT2D eigenvalue weighted by Crippen LogP contribution is 2.14. The summed E-state index contributed by atoms with van der Waals surface area (Å²) >= 11 is 0. The molecule has 0 saturated carbocycles. The van der Waals surface area contributed by atoms with Crippen molar-refractivity contribution >= 4 is 0 Å². The molecule has 3 heteroatoms. The summed E-state index contributed by atoms with van der Waals surface area (Å²) in [5.41, 5.74) is 0.943. The Morgan fingerprint density at radius 3 is 2.20 bits per heavy atom. The maximum Gasteiger partial charge on any atom is 0.133 e. The van der Waals surface area contributed by atoms with E-state index < -0.39 is 6.23 Å². The molecule has 0 aromatic heterocycles. The third-order valence-corrected chi connectivity index (χ3v) is 2.42. The number of nitrogens with zero attached hydrogens (tertiary/aromatic N) is 2. The zero-order valence-corrected chi connectivity index (χ0v) is 9.72. The second-order valence-corrected chi connectivity index (χ2v) is 4.07. The van der Waals surface area contributed by atoms with Gasteiger partial charge in [-0.25, -0.2) is 0 Å². The monoisotopic (exact) mass is 208 g/mol. The summed E-state index contributed by atoms with van der Waals surface area (Å²) in [4.78, 5) is 4.05. The van der Waals surface area contributed by atoms with Crippen LogP contribution in [-0.2, 0) is 0 Å². The number of aliphatic hydroxyl groups excluding tert-OH is 1. The number of benzene rings is 1. The molecule has 84 valence electrons. The lowest BCUT2D eigenvalue weighted by Gasteiger charge is -2.25. The van der Waals surface area contributed by atoms with Gasteiger partial charge >= 0.3 is 0 Å². The zero-order valence-electron chi connectivity index (χ0n) is 9.72. The van der Waals surface area contributed by atoms with Gasteiger partial charge in [0.25, 0.3) is 0 Å². The SMILES string of the molecule is CN(C)CCN(C)C(O)c1ccccc1. The Labute approximate surface area is 91.9 Å². The molecule has 1 rings (SSSR count). The normalized spacial score (nSPS) is 13.5. The quantitative estimate of drug-likeness (QED) is 0.736. The molecule has 0 aliphatic heterocycles. The Morgan fingerprint density at radius 2 is 1.67 bits per heavy atom. The van der Waals surface area contributed by atoms with Crippen LogP contribution < -0.4 is 0 Å². The summed E-state index contributed by atoms with van der Waals surface area (Å²) in [6.45, 7) is 1.80. The van der Waals surface area contributed by atoms with E-state index in [9.17, 15) is 5.11 Å². The number of hydrogen-bond acceptors (Lipinski definition) is 3. The molecule has 0 fully saturated rings. The first-order valence-corrected chi connectivity index (χ1v) is 5.19. The molecular formula is C12H20N2O. The summed E-state index contributed by atoms with van der Waals surface area (Å²) < 4.78 is 0. The standard InChI is InChI=1S/C12H20N2O/c1-13(2)9-10-14(3)12(15)11-7-5-4-6-8-11/h4-8,12,15H,9-10H2,1-3H3. The van der Waals surface area contributed by atoms with Crippen LogP contribution in [0, 0.1) is 0 Å². The molecule has 1 atom stereocenters. The fourth-order valence-electron chi connectivity index (χ4n) is 1.36. The van der Waals surface area contributed by atoms with Gasteiger partial charge in [-0.15, -0.1) is 0 Å². The average molecular weight is 208 g/mol. The van der Waals surface area contributed by atoms with E-state index in [1.807, 2.05) is 56.4 Å². The van der Waals surface area contributed by atoms with E-state index in [1.54, 1.807) is 0 Å². The van der Waals surface area contributed by atoms with E-state index in [2.05, 4.69) is 4.90 Å². The van der Waals surface area contributed by atoms with E-state index in [4.69, 9.17) is 0 Å². The molecule has 0 spiro atoms. The van der Waals surface area contributed by atoms with Crippen LogP contribution in [-0.4, -0.2) is 49.1 Å². The summed E-state index contributed by atoms with van der Waals surface area (Å²) in [6.07, 6.45) is -0.508. The highest BCUT2D eigenvalue weighted by atomic mass is 16.3. The molecule has 1 aromatic carbocycles. The van der Waals surface area contributed by atoms with Gasteiger partial charge in [0.2, 0.25) is 0 Å².